The maximum Gasteiger partial charge on any atom is 0.173 e. The highest BCUT2D eigenvalue weighted by Gasteiger charge is 2.35. The van der Waals surface area contributed by atoms with Crippen LogP contribution in [0.4, 0.5) is 0 Å². The van der Waals surface area contributed by atoms with Crippen LogP contribution >= 0.6 is 0 Å². The number of benzene rings is 1. The minimum atomic E-state index is -0.0898. The molecule has 5 rings (SSSR count). The van der Waals surface area contributed by atoms with Gasteiger partial charge < -0.3 is 14.2 Å². The number of rotatable bonds is 8. The van der Waals surface area contributed by atoms with Crippen molar-refractivity contribution in [3.8, 4) is 11.5 Å². The summed E-state index contributed by atoms with van der Waals surface area (Å²) in [7, 11) is 3.39. The number of hydrogen-bond acceptors (Lipinski definition) is 8. The Morgan fingerprint density at radius 2 is 1.85 bits per heavy atom. The van der Waals surface area contributed by atoms with Crippen molar-refractivity contribution >= 4 is 0 Å². The molecule has 1 aliphatic carbocycles. The summed E-state index contributed by atoms with van der Waals surface area (Å²) in [6.07, 6.45) is 7.75. The van der Waals surface area contributed by atoms with E-state index in [0.29, 0.717) is 6.54 Å². The molecule has 2 atom stereocenters. The van der Waals surface area contributed by atoms with Gasteiger partial charge in [0.25, 0.3) is 0 Å². The van der Waals surface area contributed by atoms with E-state index in [-0.39, 0.29) is 12.1 Å². The average Bonchev–Trinajstić information content (AvgIpc) is 3.64. The minimum absolute atomic E-state index is 0.0898. The Hall–Kier alpha value is -2.23. The van der Waals surface area contributed by atoms with E-state index < -0.39 is 0 Å². The minimum Gasteiger partial charge on any atom is -0.497 e. The standard InChI is InChI=1S/C24H36N6O3/c1-31-19-9-10-21(22(16-19)32-2)23(24-25-26-27-30(24)17-20-8-5-15-33-20)29-13-11-28(12-14-29)18-6-3-4-7-18/h9-10,16,18,20,23H,3-8,11-15,17H2,1-2H3/t20-,23-/m1/s1. The fourth-order valence-electron chi connectivity index (χ4n) is 5.69. The molecule has 1 aromatic heterocycles. The summed E-state index contributed by atoms with van der Waals surface area (Å²) in [5.41, 5.74) is 1.07. The molecule has 9 heteroatoms. The molecule has 2 aliphatic heterocycles. The first kappa shape index (κ1) is 22.6. The van der Waals surface area contributed by atoms with Crippen LogP contribution in [0.3, 0.4) is 0 Å². The van der Waals surface area contributed by atoms with Gasteiger partial charge in [0, 0.05) is 50.5 Å². The largest absolute Gasteiger partial charge is 0.497 e. The van der Waals surface area contributed by atoms with E-state index in [4.69, 9.17) is 14.2 Å². The summed E-state index contributed by atoms with van der Waals surface area (Å²) in [5.74, 6) is 2.42. The third-order valence-corrected chi connectivity index (χ3v) is 7.50. The maximum absolute atomic E-state index is 5.88. The van der Waals surface area contributed by atoms with Crippen molar-refractivity contribution in [3.63, 3.8) is 0 Å². The molecule has 0 N–H and O–H groups in total. The first-order chi connectivity index (χ1) is 16.3. The molecule has 0 radical (unpaired) electrons. The van der Waals surface area contributed by atoms with Crippen LogP contribution in [0.5, 0.6) is 11.5 Å². The van der Waals surface area contributed by atoms with Gasteiger partial charge in [0.05, 0.1) is 26.9 Å². The van der Waals surface area contributed by atoms with Gasteiger partial charge in [0.1, 0.15) is 17.5 Å². The van der Waals surface area contributed by atoms with Crippen LogP contribution in [-0.2, 0) is 11.3 Å². The maximum atomic E-state index is 5.88. The normalized spacial score (nSPS) is 23.8. The molecule has 180 valence electrons. The molecule has 3 fully saturated rings. The molecular formula is C24H36N6O3. The third-order valence-electron chi connectivity index (χ3n) is 7.50. The van der Waals surface area contributed by atoms with Gasteiger partial charge >= 0.3 is 0 Å². The van der Waals surface area contributed by atoms with Crippen LogP contribution in [-0.4, -0.2) is 89.2 Å². The van der Waals surface area contributed by atoms with E-state index in [2.05, 4.69) is 31.4 Å². The SMILES string of the molecule is COc1ccc([C@H](c2nnnn2C[C@H]2CCCO2)N2CCN(C3CCCC3)CC2)c(OC)c1. The van der Waals surface area contributed by atoms with Crippen molar-refractivity contribution in [2.24, 2.45) is 0 Å². The van der Waals surface area contributed by atoms with Gasteiger partial charge in [-0.1, -0.05) is 12.8 Å². The molecule has 0 bridgehead atoms. The Morgan fingerprint density at radius 1 is 1.03 bits per heavy atom. The summed E-state index contributed by atoms with van der Waals surface area (Å²) < 4.78 is 19.1. The van der Waals surface area contributed by atoms with Crippen LogP contribution in [0.2, 0.25) is 0 Å². The van der Waals surface area contributed by atoms with Crippen molar-refractivity contribution in [2.75, 3.05) is 47.0 Å². The second-order valence-electron chi connectivity index (χ2n) is 9.37. The summed E-state index contributed by atoms with van der Waals surface area (Å²) in [6, 6.07) is 6.70. The zero-order valence-electron chi connectivity index (χ0n) is 19.9. The van der Waals surface area contributed by atoms with Crippen molar-refractivity contribution in [2.45, 2.75) is 63.3 Å². The molecule has 1 aromatic carbocycles. The first-order valence-corrected chi connectivity index (χ1v) is 12.3. The smallest absolute Gasteiger partial charge is 0.173 e. The fourth-order valence-corrected chi connectivity index (χ4v) is 5.69. The van der Waals surface area contributed by atoms with Crippen molar-refractivity contribution in [1.29, 1.82) is 0 Å². The number of hydrogen-bond donors (Lipinski definition) is 0. The van der Waals surface area contributed by atoms with Gasteiger partial charge in [-0.2, -0.15) is 0 Å². The highest BCUT2D eigenvalue weighted by molar-refractivity contribution is 5.44. The van der Waals surface area contributed by atoms with Crippen LogP contribution < -0.4 is 9.47 Å². The predicted octanol–water partition coefficient (Wildman–Crippen LogP) is 2.52. The molecule has 3 heterocycles. The Kier molecular flexibility index (Phi) is 7.08. The lowest BCUT2D eigenvalue weighted by Gasteiger charge is -2.41. The molecule has 2 saturated heterocycles. The number of nitrogens with zero attached hydrogens (tertiary/aromatic N) is 6. The van der Waals surface area contributed by atoms with E-state index in [1.807, 2.05) is 16.8 Å². The molecule has 0 amide bonds. The van der Waals surface area contributed by atoms with E-state index in [0.717, 1.165) is 74.6 Å². The summed E-state index contributed by atoms with van der Waals surface area (Å²) >= 11 is 0. The summed E-state index contributed by atoms with van der Waals surface area (Å²) in [5, 5.41) is 13.0. The molecule has 9 nitrogen and oxygen atoms in total. The Balaban J connectivity index is 1.44. The highest BCUT2D eigenvalue weighted by Crippen LogP contribution is 2.37. The van der Waals surface area contributed by atoms with E-state index in [9.17, 15) is 0 Å². The van der Waals surface area contributed by atoms with Crippen LogP contribution in [0, 0.1) is 0 Å². The summed E-state index contributed by atoms with van der Waals surface area (Å²) in [6.45, 7) is 5.60. The van der Waals surface area contributed by atoms with Crippen molar-refractivity contribution in [3.05, 3.63) is 29.6 Å². The number of tetrazole rings is 1. The van der Waals surface area contributed by atoms with Crippen molar-refractivity contribution < 1.29 is 14.2 Å². The number of methoxy groups -OCH3 is 2. The predicted molar refractivity (Wildman–Crippen MR) is 124 cm³/mol. The van der Waals surface area contributed by atoms with E-state index in [1.54, 1.807) is 14.2 Å². The molecule has 0 spiro atoms. The lowest BCUT2D eigenvalue weighted by molar-refractivity contribution is 0.0714. The van der Waals surface area contributed by atoms with Gasteiger partial charge in [-0.3, -0.25) is 9.80 Å². The Morgan fingerprint density at radius 3 is 2.55 bits per heavy atom. The van der Waals surface area contributed by atoms with Crippen LogP contribution in [0.25, 0.3) is 0 Å². The zero-order valence-corrected chi connectivity index (χ0v) is 19.9. The van der Waals surface area contributed by atoms with Crippen LogP contribution in [0.15, 0.2) is 18.2 Å². The van der Waals surface area contributed by atoms with E-state index >= 15 is 0 Å². The van der Waals surface area contributed by atoms with E-state index in [1.165, 1.54) is 25.7 Å². The molecular weight excluding hydrogens is 420 g/mol. The van der Waals surface area contributed by atoms with Gasteiger partial charge in [0.15, 0.2) is 5.82 Å². The second kappa shape index (κ2) is 10.4. The van der Waals surface area contributed by atoms with Gasteiger partial charge in [-0.05, 0) is 48.2 Å². The monoisotopic (exact) mass is 456 g/mol. The summed E-state index contributed by atoms with van der Waals surface area (Å²) in [4.78, 5) is 5.19. The van der Waals surface area contributed by atoms with Crippen LogP contribution in [0.1, 0.15) is 56.0 Å². The zero-order chi connectivity index (χ0) is 22.6. The van der Waals surface area contributed by atoms with Gasteiger partial charge in [0.2, 0.25) is 0 Å². The Bertz CT molecular complexity index is 901. The topological polar surface area (TPSA) is 77.8 Å². The van der Waals surface area contributed by atoms with Crippen molar-refractivity contribution in [1.82, 2.24) is 30.0 Å². The molecule has 33 heavy (non-hydrogen) atoms. The first-order valence-electron chi connectivity index (χ1n) is 12.3. The number of ether oxygens (including phenoxy) is 3. The average molecular weight is 457 g/mol. The molecule has 2 aromatic rings. The highest BCUT2D eigenvalue weighted by atomic mass is 16.5. The Labute approximate surface area is 196 Å². The number of piperazine rings is 1. The third kappa shape index (κ3) is 4.85. The lowest BCUT2D eigenvalue weighted by Crippen LogP contribution is -2.51. The lowest BCUT2D eigenvalue weighted by atomic mass is 10.0. The van der Waals surface area contributed by atoms with Gasteiger partial charge in [-0.25, -0.2) is 4.68 Å². The molecule has 1 saturated carbocycles. The fraction of sp³-hybridized carbons (Fsp3) is 0.708. The quantitative estimate of drug-likeness (QED) is 0.600. The molecule has 3 aliphatic rings. The van der Waals surface area contributed by atoms with Gasteiger partial charge in [-0.15, -0.1) is 5.10 Å². The number of aromatic nitrogens is 4. The second-order valence-corrected chi connectivity index (χ2v) is 9.37. The molecule has 0 unspecified atom stereocenters.